The summed E-state index contributed by atoms with van der Waals surface area (Å²) in [6.07, 6.45) is 1.47. The van der Waals surface area contributed by atoms with Crippen LogP contribution in [0.4, 0.5) is 0 Å². The number of rotatable bonds is 1. The highest BCUT2D eigenvalue weighted by Crippen LogP contribution is 2.14. The number of furan rings is 1. The first-order chi connectivity index (χ1) is 6.29. The summed E-state index contributed by atoms with van der Waals surface area (Å²) in [5, 5.41) is -0.0774. The highest BCUT2D eigenvalue weighted by atomic mass is 35.5. The minimum atomic E-state index is -0.407. The fourth-order valence-electron chi connectivity index (χ4n) is 0.848. The summed E-state index contributed by atoms with van der Waals surface area (Å²) in [6, 6.07) is 3.32. The molecular weight excluding hydrogens is 212 g/mol. The van der Waals surface area contributed by atoms with Crippen LogP contribution in [0.2, 0.25) is 5.15 Å². The Morgan fingerprint density at radius 2 is 2.31 bits per heavy atom. The van der Waals surface area contributed by atoms with Crippen molar-refractivity contribution in [3.63, 3.8) is 0 Å². The van der Waals surface area contributed by atoms with E-state index >= 15 is 0 Å². The zero-order valence-corrected chi connectivity index (χ0v) is 7.80. The molecule has 0 aromatic carbocycles. The lowest BCUT2D eigenvalue weighted by atomic mass is 10.3. The van der Waals surface area contributed by atoms with Gasteiger partial charge in [-0.05, 0) is 12.1 Å². The smallest absolute Gasteiger partial charge is 0.247 e. The van der Waals surface area contributed by atoms with Crippen molar-refractivity contribution in [3.8, 4) is 11.5 Å². The summed E-state index contributed by atoms with van der Waals surface area (Å²) < 4.78 is 12.4. The molecule has 2 aromatic heterocycles. The second-order valence-electron chi connectivity index (χ2n) is 2.21. The lowest BCUT2D eigenvalue weighted by Gasteiger charge is -1.91. The summed E-state index contributed by atoms with van der Waals surface area (Å²) in [5.41, 5.74) is -0.203. The molecule has 0 saturated carbocycles. The van der Waals surface area contributed by atoms with E-state index in [1.807, 2.05) is 0 Å². The average Bonchev–Trinajstić information content (AvgIpc) is 2.62. The standard InChI is InChI=1S/C7H3ClN2O2S/c8-7-6(11)5(9-13-10-7)4-2-1-3-12-4/h1-3H. The quantitative estimate of drug-likeness (QED) is 0.727. The van der Waals surface area contributed by atoms with Gasteiger partial charge in [-0.3, -0.25) is 4.79 Å². The average molecular weight is 215 g/mol. The molecule has 0 aliphatic carbocycles. The number of aromatic nitrogens is 2. The van der Waals surface area contributed by atoms with Crippen molar-refractivity contribution in [1.29, 1.82) is 0 Å². The van der Waals surface area contributed by atoms with Crippen LogP contribution in [-0.2, 0) is 0 Å². The largest absolute Gasteiger partial charge is 0.463 e. The van der Waals surface area contributed by atoms with Gasteiger partial charge in [-0.15, -0.1) is 0 Å². The molecular formula is C7H3ClN2O2S. The van der Waals surface area contributed by atoms with E-state index < -0.39 is 5.43 Å². The van der Waals surface area contributed by atoms with Gasteiger partial charge in [0.05, 0.1) is 18.0 Å². The van der Waals surface area contributed by atoms with Crippen molar-refractivity contribution < 1.29 is 4.42 Å². The summed E-state index contributed by atoms with van der Waals surface area (Å²) in [4.78, 5) is 11.4. The third-order valence-corrected chi connectivity index (χ3v) is 2.29. The second kappa shape index (κ2) is 3.27. The van der Waals surface area contributed by atoms with Gasteiger partial charge in [0.15, 0.2) is 16.6 Å². The predicted molar refractivity (Wildman–Crippen MR) is 48.9 cm³/mol. The number of nitrogens with zero attached hydrogens (tertiary/aromatic N) is 2. The molecule has 2 rings (SSSR count). The lowest BCUT2D eigenvalue weighted by Crippen LogP contribution is -2.06. The molecule has 0 fully saturated rings. The molecule has 0 bridgehead atoms. The highest BCUT2D eigenvalue weighted by molar-refractivity contribution is 6.99. The molecule has 66 valence electrons. The molecule has 0 aliphatic rings. The maximum Gasteiger partial charge on any atom is 0.247 e. The van der Waals surface area contributed by atoms with Gasteiger partial charge < -0.3 is 4.42 Å². The number of hydrogen-bond donors (Lipinski definition) is 0. The first-order valence-corrected chi connectivity index (χ1v) is 4.46. The van der Waals surface area contributed by atoms with Gasteiger partial charge in [-0.2, -0.15) is 8.75 Å². The Balaban J connectivity index is 2.66. The topological polar surface area (TPSA) is 56.0 Å². The zero-order chi connectivity index (χ0) is 9.26. The summed E-state index contributed by atoms with van der Waals surface area (Å²) >= 11 is 6.41. The van der Waals surface area contributed by atoms with Crippen molar-refractivity contribution in [1.82, 2.24) is 8.75 Å². The lowest BCUT2D eigenvalue weighted by molar-refractivity contribution is 0.580. The van der Waals surface area contributed by atoms with Crippen LogP contribution >= 0.6 is 23.3 Å². The Bertz CT molecular complexity index is 466. The van der Waals surface area contributed by atoms with Gasteiger partial charge in [0.25, 0.3) is 0 Å². The van der Waals surface area contributed by atoms with E-state index in [4.69, 9.17) is 16.0 Å². The van der Waals surface area contributed by atoms with Crippen LogP contribution in [0.15, 0.2) is 27.6 Å². The van der Waals surface area contributed by atoms with E-state index in [0.717, 1.165) is 11.7 Å². The van der Waals surface area contributed by atoms with Gasteiger partial charge in [-0.25, -0.2) is 0 Å². The molecule has 0 N–H and O–H groups in total. The summed E-state index contributed by atoms with van der Waals surface area (Å²) in [7, 11) is 0. The molecule has 0 spiro atoms. The first kappa shape index (κ1) is 8.40. The second-order valence-corrected chi connectivity index (χ2v) is 3.10. The van der Waals surface area contributed by atoms with Gasteiger partial charge >= 0.3 is 0 Å². The molecule has 2 aromatic rings. The van der Waals surface area contributed by atoms with Gasteiger partial charge in [-0.1, -0.05) is 11.6 Å². The van der Waals surface area contributed by atoms with E-state index in [1.54, 1.807) is 12.1 Å². The van der Waals surface area contributed by atoms with Gasteiger partial charge in [0, 0.05) is 0 Å². The van der Waals surface area contributed by atoms with E-state index in [-0.39, 0.29) is 10.8 Å². The number of halogens is 1. The van der Waals surface area contributed by atoms with Crippen molar-refractivity contribution in [2.45, 2.75) is 0 Å². The Morgan fingerprint density at radius 1 is 1.46 bits per heavy atom. The van der Waals surface area contributed by atoms with Gasteiger partial charge in [0.2, 0.25) is 5.43 Å². The van der Waals surface area contributed by atoms with Crippen molar-refractivity contribution >= 4 is 23.3 Å². The molecule has 0 amide bonds. The Morgan fingerprint density at radius 3 is 3.00 bits per heavy atom. The number of hydrogen-bond acceptors (Lipinski definition) is 5. The maximum atomic E-state index is 11.4. The SMILES string of the molecule is O=c1c(Cl)nsnc1-c1ccco1. The Hall–Kier alpha value is -1.20. The van der Waals surface area contributed by atoms with E-state index in [2.05, 4.69) is 8.75 Å². The summed E-state index contributed by atoms with van der Waals surface area (Å²) in [6.45, 7) is 0. The van der Waals surface area contributed by atoms with Crippen molar-refractivity contribution in [2.24, 2.45) is 0 Å². The minimum absolute atomic E-state index is 0.0774. The zero-order valence-electron chi connectivity index (χ0n) is 6.23. The third kappa shape index (κ3) is 1.48. The third-order valence-electron chi connectivity index (χ3n) is 1.41. The fourth-order valence-corrected chi connectivity index (χ4v) is 1.48. The van der Waals surface area contributed by atoms with Crippen LogP contribution < -0.4 is 5.43 Å². The van der Waals surface area contributed by atoms with E-state index in [1.165, 1.54) is 6.26 Å². The molecule has 0 unspecified atom stereocenters. The van der Waals surface area contributed by atoms with Crippen LogP contribution in [0.25, 0.3) is 11.5 Å². The van der Waals surface area contributed by atoms with Crippen molar-refractivity contribution in [2.75, 3.05) is 0 Å². The maximum absolute atomic E-state index is 11.4. The normalized spacial score (nSPS) is 10.2. The van der Waals surface area contributed by atoms with Crippen LogP contribution in [0.5, 0.6) is 0 Å². The molecule has 0 aliphatic heterocycles. The Labute approximate surface area is 82.1 Å². The van der Waals surface area contributed by atoms with Crippen LogP contribution in [0.1, 0.15) is 0 Å². The minimum Gasteiger partial charge on any atom is -0.463 e. The molecule has 0 saturated heterocycles. The summed E-state index contributed by atoms with van der Waals surface area (Å²) in [5.74, 6) is 0.408. The highest BCUT2D eigenvalue weighted by Gasteiger charge is 2.10. The van der Waals surface area contributed by atoms with Crippen LogP contribution in [0.3, 0.4) is 0 Å². The molecule has 2 heterocycles. The van der Waals surface area contributed by atoms with E-state index in [0.29, 0.717) is 5.76 Å². The van der Waals surface area contributed by atoms with Crippen LogP contribution in [-0.4, -0.2) is 8.75 Å². The molecule has 6 heteroatoms. The molecule has 13 heavy (non-hydrogen) atoms. The predicted octanol–water partition coefficient (Wildman–Crippen LogP) is 1.81. The molecule has 0 radical (unpaired) electrons. The van der Waals surface area contributed by atoms with Crippen LogP contribution in [0, 0.1) is 0 Å². The van der Waals surface area contributed by atoms with Gasteiger partial charge in [0.1, 0.15) is 0 Å². The fraction of sp³-hybridized carbons (Fsp3) is 0. The van der Waals surface area contributed by atoms with Crippen molar-refractivity contribution in [3.05, 3.63) is 33.8 Å². The first-order valence-electron chi connectivity index (χ1n) is 3.35. The van der Waals surface area contributed by atoms with E-state index in [9.17, 15) is 4.79 Å². The molecule has 0 atom stereocenters. The monoisotopic (exact) mass is 214 g/mol. The molecule has 4 nitrogen and oxygen atoms in total. The Kier molecular flexibility index (Phi) is 2.12.